The Morgan fingerprint density at radius 2 is 1.94 bits per heavy atom. The monoisotopic (exact) mass is 492 g/mol. The molecule has 7 unspecified atom stereocenters. The Bertz CT molecular complexity index is 933. The van der Waals surface area contributed by atoms with Gasteiger partial charge in [0.1, 0.15) is 0 Å². The molecule has 2 amide bonds. The number of alkyl halides is 1. The minimum Gasteiger partial charge on any atom is -0.442 e. The largest absolute Gasteiger partial charge is 0.442 e. The predicted octanol–water partition coefficient (Wildman–Crippen LogP) is 2.64. The Hall–Kier alpha value is -2.55. The van der Waals surface area contributed by atoms with Gasteiger partial charge in [-0.2, -0.15) is 0 Å². The van der Waals surface area contributed by atoms with E-state index in [-0.39, 0.29) is 59.7 Å². The fourth-order valence-electron chi connectivity index (χ4n) is 7.43. The third-order valence-corrected chi connectivity index (χ3v) is 8.87. The van der Waals surface area contributed by atoms with Gasteiger partial charge >= 0.3 is 6.09 Å². The summed E-state index contributed by atoms with van der Waals surface area (Å²) in [4.78, 5) is 47.6. The van der Waals surface area contributed by atoms with Crippen molar-refractivity contribution < 1.29 is 33.4 Å². The highest BCUT2D eigenvalue weighted by molar-refractivity contribution is 6.01. The molecule has 4 aliphatic rings. The van der Waals surface area contributed by atoms with Gasteiger partial charge in [-0.05, 0) is 61.5 Å². The van der Waals surface area contributed by atoms with Gasteiger partial charge in [0, 0.05) is 30.2 Å². The van der Waals surface area contributed by atoms with E-state index in [0.29, 0.717) is 19.5 Å². The molecule has 3 saturated carbocycles. The highest BCUT2D eigenvalue weighted by atomic mass is 19.1. The van der Waals surface area contributed by atoms with E-state index in [9.17, 15) is 28.7 Å². The summed E-state index contributed by atoms with van der Waals surface area (Å²) < 4.78 is 14.6. The Kier molecular flexibility index (Phi) is 8.19. The number of Topliss-reactive ketones (excluding diaryl/α,β-unsaturated/α-hetero) is 1. The van der Waals surface area contributed by atoms with E-state index >= 15 is 0 Å². The maximum absolute atomic E-state index is 13.1. The predicted molar refractivity (Wildman–Crippen MR) is 127 cm³/mol. The van der Waals surface area contributed by atoms with Crippen molar-refractivity contribution in [3.8, 4) is 0 Å². The number of hydrogen-bond acceptors (Lipinski definition) is 6. The number of carbonyl (C=O) groups is 4. The average Bonchev–Trinajstić information content (AvgIpc) is 3.15. The summed E-state index contributed by atoms with van der Waals surface area (Å²) in [6.45, 7) is 3.98. The molecule has 0 aliphatic heterocycles. The lowest BCUT2D eigenvalue weighted by Crippen LogP contribution is -2.56. The smallest absolute Gasteiger partial charge is 0.407 e. The van der Waals surface area contributed by atoms with E-state index in [2.05, 4.69) is 19.2 Å². The molecule has 0 aromatic heterocycles. The fourth-order valence-corrected chi connectivity index (χ4v) is 7.43. The van der Waals surface area contributed by atoms with Crippen molar-refractivity contribution >= 4 is 23.6 Å². The molecule has 194 valence electrons. The van der Waals surface area contributed by atoms with Crippen molar-refractivity contribution in [2.45, 2.75) is 58.5 Å². The molecule has 0 radical (unpaired) electrons. The van der Waals surface area contributed by atoms with E-state index in [1.54, 1.807) is 12.2 Å². The molecular weight excluding hydrogens is 455 g/mol. The highest BCUT2D eigenvalue weighted by Crippen LogP contribution is 2.66. The zero-order chi connectivity index (χ0) is 26.0. The van der Waals surface area contributed by atoms with Gasteiger partial charge in [-0.1, -0.05) is 25.5 Å². The van der Waals surface area contributed by atoms with Crippen LogP contribution in [-0.4, -0.2) is 55.1 Å². The van der Waals surface area contributed by atoms with Crippen LogP contribution in [0.2, 0.25) is 0 Å². The standard InChI is InChI=1S/C25H34N2O6.CH3F/c1-24-9-7-15(28)11-14(24)3-4-16-17-5-6-18(25(17,2)12-19(29)22(16)24)20(30)13-33-23(32)27-10-8-21(26)31;1-2/h7,9,11,16-19,22,29H,3-6,8,10,12-13H2,1-2H3,(H2,26,31)(H,27,32);1H3. The van der Waals surface area contributed by atoms with Crippen LogP contribution in [-0.2, 0) is 19.1 Å². The van der Waals surface area contributed by atoms with Gasteiger partial charge in [0.05, 0.1) is 13.3 Å². The normalized spacial score (nSPS) is 37.0. The molecule has 0 bridgehead atoms. The molecule has 4 aliphatic carbocycles. The van der Waals surface area contributed by atoms with Crippen LogP contribution in [0.25, 0.3) is 0 Å². The minimum absolute atomic E-state index is 0.00500. The van der Waals surface area contributed by atoms with E-state index in [1.807, 2.05) is 6.08 Å². The van der Waals surface area contributed by atoms with Crippen molar-refractivity contribution in [1.29, 1.82) is 0 Å². The number of amides is 2. The quantitative estimate of drug-likeness (QED) is 0.522. The van der Waals surface area contributed by atoms with Crippen LogP contribution in [0.5, 0.6) is 0 Å². The van der Waals surface area contributed by atoms with Gasteiger partial charge in [0.2, 0.25) is 5.91 Å². The first kappa shape index (κ1) is 27.0. The second-order valence-electron chi connectivity index (χ2n) is 10.6. The molecule has 3 fully saturated rings. The zero-order valence-corrected chi connectivity index (χ0v) is 20.7. The lowest BCUT2D eigenvalue weighted by atomic mass is 9.46. The Morgan fingerprint density at radius 3 is 2.63 bits per heavy atom. The Balaban J connectivity index is 0.00000167. The summed E-state index contributed by atoms with van der Waals surface area (Å²) in [7, 11) is 0.500. The van der Waals surface area contributed by atoms with Crippen LogP contribution in [0, 0.1) is 34.5 Å². The molecule has 35 heavy (non-hydrogen) atoms. The summed E-state index contributed by atoms with van der Waals surface area (Å²) in [6, 6.07) is 0. The van der Waals surface area contributed by atoms with Crippen LogP contribution in [0.3, 0.4) is 0 Å². The van der Waals surface area contributed by atoms with Crippen molar-refractivity contribution in [3.05, 3.63) is 23.8 Å². The lowest BCUT2D eigenvalue weighted by Gasteiger charge is -2.58. The lowest BCUT2D eigenvalue weighted by molar-refractivity contribution is -0.141. The SMILES string of the molecule is CC12C=CC(=O)C=C1CCC1C2C(O)CC2(C)C(C(=O)COC(=O)NCCC(N)=O)CCC12.CF. The van der Waals surface area contributed by atoms with Gasteiger partial charge in [0.25, 0.3) is 0 Å². The minimum atomic E-state index is -0.744. The van der Waals surface area contributed by atoms with Crippen molar-refractivity contribution in [2.24, 2.45) is 40.2 Å². The van der Waals surface area contributed by atoms with Crippen LogP contribution in [0.4, 0.5) is 9.18 Å². The highest BCUT2D eigenvalue weighted by Gasteiger charge is 2.62. The molecule has 0 heterocycles. The summed E-state index contributed by atoms with van der Waals surface area (Å²) >= 11 is 0. The number of fused-ring (bicyclic) bond motifs is 5. The van der Waals surface area contributed by atoms with E-state index < -0.39 is 18.1 Å². The van der Waals surface area contributed by atoms with Crippen LogP contribution in [0.15, 0.2) is 23.8 Å². The number of hydrogen-bond donors (Lipinski definition) is 3. The first-order chi connectivity index (χ1) is 16.6. The zero-order valence-electron chi connectivity index (χ0n) is 20.7. The number of alkyl carbamates (subject to hydrolysis) is 1. The van der Waals surface area contributed by atoms with Crippen molar-refractivity contribution in [1.82, 2.24) is 5.32 Å². The molecule has 8 nitrogen and oxygen atoms in total. The van der Waals surface area contributed by atoms with E-state index in [1.165, 1.54) is 0 Å². The number of halogens is 1. The number of nitrogens with two attached hydrogens (primary N) is 1. The van der Waals surface area contributed by atoms with E-state index in [4.69, 9.17) is 10.5 Å². The number of ketones is 2. The summed E-state index contributed by atoms with van der Waals surface area (Å²) in [5, 5.41) is 13.8. The van der Waals surface area contributed by atoms with Gasteiger partial charge < -0.3 is 20.9 Å². The summed E-state index contributed by atoms with van der Waals surface area (Å²) in [6.07, 6.45) is 7.92. The second-order valence-corrected chi connectivity index (χ2v) is 10.6. The second kappa shape index (κ2) is 10.6. The molecule has 0 aromatic carbocycles. The maximum atomic E-state index is 13.1. The van der Waals surface area contributed by atoms with Crippen molar-refractivity contribution in [3.63, 3.8) is 0 Å². The van der Waals surface area contributed by atoms with Gasteiger partial charge in [-0.25, -0.2) is 4.79 Å². The molecule has 0 spiro atoms. The Labute approximate surface area is 205 Å². The molecule has 0 aromatic rings. The average molecular weight is 493 g/mol. The molecule has 7 atom stereocenters. The third kappa shape index (κ3) is 5.06. The number of allylic oxidation sites excluding steroid dienone is 4. The van der Waals surface area contributed by atoms with Gasteiger partial charge in [-0.3, -0.25) is 18.8 Å². The molecule has 4 rings (SSSR count). The molecule has 0 saturated heterocycles. The number of nitrogens with one attached hydrogen (secondary N) is 1. The van der Waals surface area contributed by atoms with E-state index in [0.717, 1.165) is 31.3 Å². The van der Waals surface area contributed by atoms with Crippen LogP contribution >= 0.6 is 0 Å². The summed E-state index contributed by atoms with van der Waals surface area (Å²) in [5.41, 5.74) is 5.47. The number of carbonyl (C=O) groups excluding carboxylic acids is 4. The molecular formula is C26H37FN2O6. The number of aliphatic hydroxyl groups is 1. The number of aliphatic hydroxyl groups excluding tert-OH is 1. The molecule has 4 N–H and O–H groups in total. The van der Waals surface area contributed by atoms with Gasteiger partial charge in [-0.15, -0.1) is 0 Å². The third-order valence-electron chi connectivity index (χ3n) is 8.87. The topological polar surface area (TPSA) is 136 Å². The van der Waals surface area contributed by atoms with Gasteiger partial charge in [0.15, 0.2) is 18.2 Å². The number of primary amides is 1. The van der Waals surface area contributed by atoms with Crippen LogP contribution in [0.1, 0.15) is 52.4 Å². The van der Waals surface area contributed by atoms with Crippen LogP contribution < -0.4 is 11.1 Å². The molecule has 9 heteroatoms. The number of ether oxygens (including phenoxy) is 1. The first-order valence-electron chi connectivity index (χ1n) is 12.3. The van der Waals surface area contributed by atoms with Crippen molar-refractivity contribution in [2.75, 3.05) is 20.3 Å². The fraction of sp³-hybridized carbons (Fsp3) is 0.692. The maximum Gasteiger partial charge on any atom is 0.407 e. The Morgan fingerprint density at radius 1 is 1.23 bits per heavy atom. The number of rotatable bonds is 6. The first-order valence-corrected chi connectivity index (χ1v) is 12.3. The summed E-state index contributed by atoms with van der Waals surface area (Å²) in [5.74, 6) is -0.309.